The van der Waals surface area contributed by atoms with Crippen LogP contribution >= 0.6 is 15.9 Å². The number of halogens is 1. The maximum absolute atomic E-state index is 6.42. The quantitative estimate of drug-likeness (QED) is 0.816. The zero-order valence-electron chi connectivity index (χ0n) is 11.9. The van der Waals surface area contributed by atoms with E-state index in [1.807, 2.05) is 6.92 Å². The molecule has 0 amide bonds. The fourth-order valence-corrected chi connectivity index (χ4v) is 3.92. The van der Waals surface area contributed by atoms with Gasteiger partial charge in [0, 0.05) is 5.69 Å². The SMILES string of the molecule is Cc1nn(CC2CCC3(CCCCC3)O2)c(C)c1Br. The highest BCUT2D eigenvalue weighted by atomic mass is 79.9. The van der Waals surface area contributed by atoms with Gasteiger partial charge in [-0.1, -0.05) is 19.3 Å². The van der Waals surface area contributed by atoms with E-state index >= 15 is 0 Å². The maximum Gasteiger partial charge on any atom is 0.0779 e. The van der Waals surface area contributed by atoms with Crippen LogP contribution in [-0.2, 0) is 11.3 Å². The predicted octanol–water partition coefficient (Wildman–Crippen LogP) is 4.14. The summed E-state index contributed by atoms with van der Waals surface area (Å²) in [6.07, 6.45) is 9.40. The number of aromatic nitrogens is 2. The Hall–Kier alpha value is -0.350. The fourth-order valence-electron chi connectivity index (χ4n) is 3.63. The minimum atomic E-state index is 0.219. The second-order valence-electron chi connectivity index (χ2n) is 6.19. The van der Waals surface area contributed by atoms with Crippen LogP contribution in [0.4, 0.5) is 0 Å². The summed E-state index contributed by atoms with van der Waals surface area (Å²) in [7, 11) is 0. The third-order valence-corrected chi connectivity index (χ3v) is 5.92. The number of ether oxygens (including phenoxy) is 1. The molecule has 0 N–H and O–H groups in total. The summed E-state index contributed by atoms with van der Waals surface area (Å²) in [5.41, 5.74) is 2.50. The number of aryl methyl sites for hydroxylation is 1. The zero-order valence-corrected chi connectivity index (χ0v) is 13.5. The largest absolute Gasteiger partial charge is 0.370 e. The van der Waals surface area contributed by atoms with Crippen molar-refractivity contribution in [3.63, 3.8) is 0 Å². The molecule has 1 atom stereocenters. The summed E-state index contributed by atoms with van der Waals surface area (Å²) in [5, 5.41) is 4.60. The van der Waals surface area contributed by atoms with Crippen LogP contribution < -0.4 is 0 Å². The Morgan fingerprint density at radius 2 is 2.00 bits per heavy atom. The molecule has 1 aliphatic carbocycles. The molecule has 2 fully saturated rings. The standard InChI is InChI=1S/C15H23BrN2O/c1-11-14(16)12(2)18(17-11)10-13-6-9-15(19-13)7-4-3-5-8-15/h13H,3-10H2,1-2H3. The van der Waals surface area contributed by atoms with E-state index in [1.165, 1.54) is 50.6 Å². The molecule has 1 unspecified atom stereocenters. The van der Waals surface area contributed by atoms with Gasteiger partial charge in [-0.15, -0.1) is 0 Å². The van der Waals surface area contributed by atoms with E-state index in [1.54, 1.807) is 0 Å². The molecule has 4 heteroatoms. The number of nitrogens with zero attached hydrogens (tertiary/aromatic N) is 2. The number of rotatable bonds is 2. The van der Waals surface area contributed by atoms with Gasteiger partial charge in [0.05, 0.1) is 28.4 Å². The van der Waals surface area contributed by atoms with E-state index < -0.39 is 0 Å². The normalized spacial score (nSPS) is 26.2. The second kappa shape index (κ2) is 5.21. The van der Waals surface area contributed by atoms with Gasteiger partial charge in [0.15, 0.2) is 0 Å². The molecule has 1 aromatic heterocycles. The molecule has 0 radical (unpaired) electrons. The van der Waals surface area contributed by atoms with Crippen molar-refractivity contribution >= 4 is 15.9 Å². The Morgan fingerprint density at radius 1 is 1.26 bits per heavy atom. The molecule has 1 saturated heterocycles. The Balaban J connectivity index is 1.67. The summed E-state index contributed by atoms with van der Waals surface area (Å²) in [6, 6.07) is 0. The van der Waals surface area contributed by atoms with Gasteiger partial charge in [-0.25, -0.2) is 0 Å². The van der Waals surface area contributed by atoms with Crippen LogP contribution in [0, 0.1) is 13.8 Å². The molecule has 3 rings (SSSR count). The zero-order chi connectivity index (χ0) is 13.5. The van der Waals surface area contributed by atoms with E-state index in [2.05, 4.69) is 32.6 Å². The van der Waals surface area contributed by atoms with Crippen LogP contribution in [0.15, 0.2) is 4.47 Å². The van der Waals surface area contributed by atoms with Gasteiger partial charge < -0.3 is 4.74 Å². The Labute approximate surface area is 123 Å². The minimum absolute atomic E-state index is 0.219. The molecule has 1 aromatic rings. The van der Waals surface area contributed by atoms with Gasteiger partial charge in [-0.2, -0.15) is 5.10 Å². The van der Waals surface area contributed by atoms with Gasteiger partial charge >= 0.3 is 0 Å². The number of hydrogen-bond acceptors (Lipinski definition) is 2. The molecular formula is C15H23BrN2O. The first-order valence-electron chi connectivity index (χ1n) is 7.47. The van der Waals surface area contributed by atoms with Crippen molar-refractivity contribution in [3.8, 4) is 0 Å². The van der Waals surface area contributed by atoms with E-state index in [4.69, 9.17) is 4.74 Å². The molecule has 2 heterocycles. The average Bonchev–Trinajstić information content (AvgIpc) is 2.89. The van der Waals surface area contributed by atoms with Crippen molar-refractivity contribution in [3.05, 3.63) is 15.9 Å². The Kier molecular flexibility index (Phi) is 3.73. The molecule has 1 saturated carbocycles. The molecule has 2 aliphatic rings. The lowest BCUT2D eigenvalue weighted by Crippen LogP contribution is -2.32. The molecule has 3 nitrogen and oxygen atoms in total. The van der Waals surface area contributed by atoms with Crippen molar-refractivity contribution in [2.75, 3.05) is 0 Å². The van der Waals surface area contributed by atoms with Crippen molar-refractivity contribution in [2.45, 2.75) is 77.0 Å². The molecular weight excluding hydrogens is 304 g/mol. The molecule has 106 valence electrons. The summed E-state index contributed by atoms with van der Waals surface area (Å²) in [6.45, 7) is 5.07. The fraction of sp³-hybridized carbons (Fsp3) is 0.800. The van der Waals surface area contributed by atoms with E-state index in [0.717, 1.165) is 16.7 Å². The topological polar surface area (TPSA) is 27.1 Å². The lowest BCUT2D eigenvalue weighted by atomic mass is 9.83. The summed E-state index contributed by atoms with van der Waals surface area (Å²) >= 11 is 3.60. The third kappa shape index (κ3) is 2.62. The van der Waals surface area contributed by atoms with Crippen LogP contribution in [0.2, 0.25) is 0 Å². The first-order chi connectivity index (χ1) is 9.10. The number of hydrogen-bond donors (Lipinski definition) is 0. The van der Waals surface area contributed by atoms with Gasteiger partial charge in [-0.3, -0.25) is 4.68 Å². The van der Waals surface area contributed by atoms with E-state index in [-0.39, 0.29) is 5.60 Å². The lowest BCUT2D eigenvalue weighted by molar-refractivity contribution is -0.0690. The average molecular weight is 327 g/mol. The van der Waals surface area contributed by atoms with Crippen molar-refractivity contribution < 1.29 is 4.74 Å². The van der Waals surface area contributed by atoms with E-state index in [9.17, 15) is 0 Å². The molecule has 1 aliphatic heterocycles. The van der Waals surface area contributed by atoms with Gasteiger partial charge in [0.1, 0.15) is 0 Å². The monoisotopic (exact) mass is 326 g/mol. The first-order valence-corrected chi connectivity index (χ1v) is 8.26. The van der Waals surface area contributed by atoms with Crippen LogP contribution in [0.5, 0.6) is 0 Å². The summed E-state index contributed by atoms with van der Waals surface area (Å²) in [4.78, 5) is 0. The first kappa shape index (κ1) is 13.6. The van der Waals surface area contributed by atoms with Crippen molar-refractivity contribution in [1.82, 2.24) is 9.78 Å². The van der Waals surface area contributed by atoms with Crippen molar-refractivity contribution in [2.24, 2.45) is 0 Å². The van der Waals surface area contributed by atoms with E-state index in [0.29, 0.717) is 6.10 Å². The predicted molar refractivity (Wildman–Crippen MR) is 79.3 cm³/mol. The highest BCUT2D eigenvalue weighted by molar-refractivity contribution is 9.10. The molecule has 0 aromatic carbocycles. The Morgan fingerprint density at radius 3 is 2.63 bits per heavy atom. The van der Waals surface area contributed by atoms with Crippen molar-refractivity contribution in [1.29, 1.82) is 0 Å². The second-order valence-corrected chi connectivity index (χ2v) is 6.98. The highest BCUT2D eigenvalue weighted by Crippen LogP contribution is 2.42. The summed E-state index contributed by atoms with van der Waals surface area (Å²) in [5.74, 6) is 0. The lowest BCUT2D eigenvalue weighted by Gasteiger charge is -2.33. The van der Waals surface area contributed by atoms with Crippen LogP contribution in [0.3, 0.4) is 0 Å². The molecule has 19 heavy (non-hydrogen) atoms. The van der Waals surface area contributed by atoms with Gasteiger partial charge in [-0.05, 0) is 55.5 Å². The highest BCUT2D eigenvalue weighted by Gasteiger charge is 2.40. The smallest absolute Gasteiger partial charge is 0.0779 e. The molecule has 0 bridgehead atoms. The van der Waals surface area contributed by atoms with Crippen LogP contribution in [0.1, 0.15) is 56.3 Å². The van der Waals surface area contributed by atoms with Gasteiger partial charge in [0.25, 0.3) is 0 Å². The van der Waals surface area contributed by atoms with Gasteiger partial charge in [0.2, 0.25) is 0 Å². The Bertz CT molecular complexity index is 463. The third-order valence-electron chi connectivity index (χ3n) is 4.77. The summed E-state index contributed by atoms with van der Waals surface area (Å²) < 4.78 is 9.66. The van der Waals surface area contributed by atoms with Crippen LogP contribution in [-0.4, -0.2) is 21.5 Å². The minimum Gasteiger partial charge on any atom is -0.370 e. The molecule has 1 spiro atoms. The maximum atomic E-state index is 6.42. The van der Waals surface area contributed by atoms with Crippen LogP contribution in [0.25, 0.3) is 0 Å².